The van der Waals surface area contributed by atoms with E-state index < -0.39 is 0 Å². The van der Waals surface area contributed by atoms with Crippen molar-refractivity contribution in [3.8, 4) is 73.0 Å². The van der Waals surface area contributed by atoms with Gasteiger partial charge in [0.15, 0.2) is 0 Å². The molecule has 3 heterocycles. The van der Waals surface area contributed by atoms with Crippen molar-refractivity contribution in [2.45, 2.75) is 33.1 Å². The van der Waals surface area contributed by atoms with Crippen LogP contribution in [0.1, 0.15) is 31.9 Å². The van der Waals surface area contributed by atoms with E-state index in [2.05, 4.69) is 291 Å². The number of nitrogens with zero attached hydrogens (tertiary/aromatic N) is 4. The molecule has 1 aliphatic heterocycles. The van der Waals surface area contributed by atoms with Gasteiger partial charge < -0.3 is 14.5 Å². The number of aromatic nitrogens is 2. The molecule has 366 valence electrons. The molecule has 2 aromatic heterocycles. The number of fused-ring (bicyclic) bond motifs is 4. The fourth-order valence-corrected chi connectivity index (χ4v) is 11.1. The van der Waals surface area contributed by atoms with Crippen LogP contribution in [-0.2, 0) is 5.41 Å². The molecule has 0 atom stereocenters. The Morgan fingerprint density at radius 3 is 1.53 bits per heavy atom. The zero-order valence-corrected chi connectivity index (χ0v) is 43.2. The first-order valence-corrected chi connectivity index (χ1v) is 26.2. The summed E-state index contributed by atoms with van der Waals surface area (Å²) in [5.41, 5.74) is 20.1. The van der Waals surface area contributed by atoms with Crippen LogP contribution in [0.5, 0.6) is 11.5 Å². The quantitative estimate of drug-likeness (QED) is 0.137. The molecule has 0 bridgehead atoms. The van der Waals surface area contributed by atoms with Crippen LogP contribution in [0, 0.1) is 6.92 Å². The second-order valence-electron chi connectivity index (χ2n) is 20.9. The van der Waals surface area contributed by atoms with Gasteiger partial charge in [0.05, 0.1) is 28.1 Å². The molecule has 0 N–H and O–H groups in total. The van der Waals surface area contributed by atoms with E-state index in [9.17, 15) is 0 Å². The molecule has 0 amide bonds. The van der Waals surface area contributed by atoms with Crippen molar-refractivity contribution < 1.29 is 4.74 Å². The number of pyridine rings is 1. The topological polar surface area (TPSA) is 33.5 Å². The summed E-state index contributed by atoms with van der Waals surface area (Å²) in [6.45, 7) is 9.62. The second kappa shape index (κ2) is 19.1. The molecule has 0 spiro atoms. The van der Waals surface area contributed by atoms with Crippen molar-refractivity contribution in [2.75, 3.05) is 16.5 Å². The summed E-state index contributed by atoms with van der Waals surface area (Å²) >= 11 is 0. The predicted molar refractivity (Wildman–Crippen MR) is 318 cm³/mol. The molecule has 0 fully saturated rings. The first-order valence-electron chi connectivity index (χ1n) is 26.2. The van der Waals surface area contributed by atoms with Crippen LogP contribution in [-0.4, -0.2) is 16.2 Å². The Balaban J connectivity index is 0.984. The number of hydrogen-bond acceptors (Lipinski definition) is 4. The summed E-state index contributed by atoms with van der Waals surface area (Å²) in [6, 6.07) is 89.3. The van der Waals surface area contributed by atoms with E-state index in [1.165, 1.54) is 39.1 Å². The summed E-state index contributed by atoms with van der Waals surface area (Å²) in [5, 5.41) is 2.26. The van der Waals surface area contributed by atoms with Gasteiger partial charge in [-0.1, -0.05) is 209 Å². The highest BCUT2D eigenvalue weighted by molar-refractivity contribution is 6.12. The van der Waals surface area contributed by atoms with Crippen LogP contribution in [0.3, 0.4) is 0 Å². The van der Waals surface area contributed by atoms with Crippen molar-refractivity contribution in [3.05, 3.63) is 266 Å². The van der Waals surface area contributed by atoms with Gasteiger partial charge in [-0.2, -0.15) is 0 Å². The van der Waals surface area contributed by atoms with E-state index in [0.29, 0.717) is 6.67 Å². The zero-order chi connectivity index (χ0) is 51.3. The maximum atomic E-state index is 7.47. The Morgan fingerprint density at radius 2 is 0.947 bits per heavy atom. The number of aryl methyl sites for hydroxylation is 1. The maximum absolute atomic E-state index is 7.47. The molecule has 0 saturated carbocycles. The van der Waals surface area contributed by atoms with Gasteiger partial charge in [-0.3, -0.25) is 4.57 Å². The first kappa shape index (κ1) is 46.3. The fraction of sp³-hybridized carbons (Fsp3) is 0.0845. The Bertz CT molecular complexity index is 4030. The van der Waals surface area contributed by atoms with Crippen LogP contribution in [0.4, 0.5) is 22.7 Å². The minimum atomic E-state index is -0.196. The average Bonchev–Trinajstić information content (AvgIpc) is 4.11. The summed E-state index contributed by atoms with van der Waals surface area (Å²) in [4.78, 5) is 10.2. The van der Waals surface area contributed by atoms with E-state index in [0.717, 1.165) is 89.6 Å². The number of benzene rings is 10. The summed E-state index contributed by atoms with van der Waals surface area (Å²) in [5.74, 6) is 2.37. The van der Waals surface area contributed by atoms with Crippen LogP contribution < -0.4 is 14.5 Å². The van der Waals surface area contributed by atoms with Crippen LogP contribution in [0.25, 0.3) is 83.3 Å². The molecule has 5 heteroatoms. The normalized spacial score (nSPS) is 12.4. The smallest absolute Gasteiger partial charge is 0.137 e. The third-order valence-corrected chi connectivity index (χ3v) is 15.0. The summed E-state index contributed by atoms with van der Waals surface area (Å²) < 4.78 is 9.78. The minimum Gasteiger partial charge on any atom is -0.457 e. The molecule has 0 saturated heterocycles. The fourth-order valence-electron chi connectivity index (χ4n) is 11.1. The third-order valence-electron chi connectivity index (χ3n) is 15.0. The number of anilines is 4. The Hall–Kier alpha value is -9.45. The van der Waals surface area contributed by atoms with Crippen LogP contribution in [0.15, 0.2) is 255 Å². The molecule has 10 aromatic carbocycles. The van der Waals surface area contributed by atoms with Crippen molar-refractivity contribution in [2.24, 2.45) is 0 Å². The van der Waals surface area contributed by atoms with Gasteiger partial charge in [0.2, 0.25) is 0 Å². The van der Waals surface area contributed by atoms with Gasteiger partial charge >= 0.3 is 0 Å². The van der Waals surface area contributed by atoms with E-state index in [4.69, 9.17) is 9.72 Å². The van der Waals surface area contributed by atoms with Gasteiger partial charge in [0.25, 0.3) is 0 Å². The Labute approximate surface area is 445 Å². The molecule has 0 aliphatic carbocycles. The molecule has 1 aliphatic rings. The molecule has 13 rings (SSSR count). The number of ether oxygens (including phenoxy) is 1. The lowest BCUT2D eigenvalue weighted by Crippen LogP contribution is -2.25. The number of rotatable bonds is 10. The van der Waals surface area contributed by atoms with E-state index in [1.807, 2.05) is 6.20 Å². The maximum Gasteiger partial charge on any atom is 0.137 e. The van der Waals surface area contributed by atoms with Gasteiger partial charge in [-0.05, 0) is 105 Å². The molecule has 12 aromatic rings. The SMILES string of the molecule is Cc1cc(-n2c3ccc(-c4ccccc4)cc3c3cc(-c4ccccc4)c(Oc4cc(N5CN(c6c(-c7ccccc7)cccc6-c6ccccc6)c6ccccc65)cc(C(C)(C)C)c4)cc32)ncc1-c1ccccc1. The first-order chi connectivity index (χ1) is 37.2. The number of hydrogen-bond donors (Lipinski definition) is 0. The largest absolute Gasteiger partial charge is 0.457 e. The Kier molecular flexibility index (Phi) is 11.7. The molecule has 0 radical (unpaired) electrons. The summed E-state index contributed by atoms with van der Waals surface area (Å²) in [6.07, 6.45) is 2.02. The molecular weight excluding hydrogens is 925 g/mol. The predicted octanol–water partition coefficient (Wildman–Crippen LogP) is 19.2. The lowest BCUT2D eigenvalue weighted by atomic mass is 9.86. The van der Waals surface area contributed by atoms with Gasteiger partial charge in [-0.15, -0.1) is 0 Å². The van der Waals surface area contributed by atoms with Crippen molar-refractivity contribution in [1.29, 1.82) is 0 Å². The lowest BCUT2D eigenvalue weighted by molar-refractivity contribution is 0.481. The molecular formula is C71H56N4O. The van der Waals surface area contributed by atoms with Crippen molar-refractivity contribution in [1.82, 2.24) is 9.55 Å². The highest BCUT2D eigenvalue weighted by Gasteiger charge is 2.32. The second-order valence-corrected chi connectivity index (χ2v) is 20.9. The molecule has 5 nitrogen and oxygen atoms in total. The molecule has 0 unspecified atom stereocenters. The third kappa shape index (κ3) is 8.46. The van der Waals surface area contributed by atoms with E-state index in [-0.39, 0.29) is 5.41 Å². The van der Waals surface area contributed by atoms with E-state index >= 15 is 0 Å². The van der Waals surface area contributed by atoms with Gasteiger partial charge in [0.1, 0.15) is 24.0 Å². The monoisotopic (exact) mass is 980 g/mol. The minimum absolute atomic E-state index is 0.196. The standard InChI is InChI=1S/C71H56N4O/c1-48-39-69(72-46-63(48)53-31-18-9-19-32-53)75-64-38-37-54(49-23-10-5-11-24-49)40-61(64)62-44-60(52-29-16-8-17-30-52)68(45-67(62)75)76-57-42-55(71(2,3)4)41-56(43-57)73-47-74(66-36-21-20-35-65(66)73)70-58(50-25-12-6-13-26-50)33-22-34-59(70)51-27-14-7-15-28-51/h5-46H,47H2,1-4H3. The average molecular weight is 981 g/mol. The Morgan fingerprint density at radius 1 is 0.421 bits per heavy atom. The zero-order valence-electron chi connectivity index (χ0n) is 43.2. The highest BCUT2D eigenvalue weighted by Crippen LogP contribution is 2.51. The lowest BCUT2D eigenvalue weighted by Gasteiger charge is -2.28. The number of para-hydroxylation sites is 3. The highest BCUT2D eigenvalue weighted by atomic mass is 16.5. The summed E-state index contributed by atoms with van der Waals surface area (Å²) in [7, 11) is 0. The van der Waals surface area contributed by atoms with E-state index in [1.54, 1.807) is 0 Å². The van der Waals surface area contributed by atoms with Crippen molar-refractivity contribution in [3.63, 3.8) is 0 Å². The van der Waals surface area contributed by atoms with Crippen LogP contribution >= 0.6 is 0 Å². The van der Waals surface area contributed by atoms with Crippen LogP contribution in [0.2, 0.25) is 0 Å². The van der Waals surface area contributed by atoms with Gasteiger partial charge in [0, 0.05) is 57.0 Å². The van der Waals surface area contributed by atoms with Gasteiger partial charge in [-0.25, -0.2) is 4.98 Å². The van der Waals surface area contributed by atoms with Crippen molar-refractivity contribution >= 4 is 44.6 Å². The molecule has 76 heavy (non-hydrogen) atoms.